The minimum Gasteiger partial charge on any atom is -0.297 e. The summed E-state index contributed by atoms with van der Waals surface area (Å²) in [5.74, 6) is 1.28. The van der Waals surface area contributed by atoms with Crippen molar-refractivity contribution in [3.8, 4) is 0 Å². The summed E-state index contributed by atoms with van der Waals surface area (Å²) >= 11 is 2.04. The van der Waals surface area contributed by atoms with E-state index in [-0.39, 0.29) is 0 Å². The van der Waals surface area contributed by atoms with E-state index in [4.69, 9.17) is 0 Å². The molecule has 0 spiro atoms. The summed E-state index contributed by atoms with van der Waals surface area (Å²) in [5.41, 5.74) is 2.63. The van der Waals surface area contributed by atoms with Crippen LogP contribution in [0.2, 0.25) is 0 Å². The van der Waals surface area contributed by atoms with E-state index in [0.29, 0.717) is 10.9 Å². The smallest absolute Gasteiger partial charge is 0.166 e. The minimum absolute atomic E-state index is 0.667. The van der Waals surface area contributed by atoms with Gasteiger partial charge < -0.3 is 0 Å². The third kappa shape index (κ3) is 2.09. The molecule has 88 valence electrons. The Morgan fingerprint density at radius 2 is 2.47 bits per heavy atom. The standard InChI is InChI=1S/C13H14N2OS/c16-9-11-3-1-5-13-14-10(8-15(11)13)7-12-4-2-6-17-12/h1,3,5,8-9,12H,2,4,6-7H2. The van der Waals surface area contributed by atoms with Crippen molar-refractivity contribution in [2.75, 3.05) is 5.75 Å². The van der Waals surface area contributed by atoms with Gasteiger partial charge in [-0.05, 0) is 30.7 Å². The van der Waals surface area contributed by atoms with Crippen LogP contribution in [0.1, 0.15) is 29.0 Å². The van der Waals surface area contributed by atoms with Gasteiger partial charge in [0.2, 0.25) is 0 Å². The number of fused-ring (bicyclic) bond motifs is 1. The molecule has 0 bridgehead atoms. The number of pyridine rings is 1. The average molecular weight is 246 g/mol. The van der Waals surface area contributed by atoms with E-state index in [2.05, 4.69) is 4.98 Å². The van der Waals surface area contributed by atoms with Crippen LogP contribution in [-0.2, 0) is 6.42 Å². The molecule has 1 fully saturated rings. The summed E-state index contributed by atoms with van der Waals surface area (Å²) < 4.78 is 1.88. The van der Waals surface area contributed by atoms with E-state index < -0.39 is 0 Å². The SMILES string of the molecule is O=Cc1cccc2nc(CC3CCCS3)cn12. The highest BCUT2D eigenvalue weighted by molar-refractivity contribution is 8.00. The lowest BCUT2D eigenvalue weighted by Crippen LogP contribution is -2.01. The van der Waals surface area contributed by atoms with Gasteiger partial charge in [0.05, 0.1) is 11.4 Å². The molecule has 17 heavy (non-hydrogen) atoms. The maximum atomic E-state index is 10.9. The Morgan fingerprint density at radius 3 is 3.24 bits per heavy atom. The fraction of sp³-hybridized carbons (Fsp3) is 0.385. The van der Waals surface area contributed by atoms with Gasteiger partial charge in [-0.15, -0.1) is 0 Å². The summed E-state index contributed by atoms with van der Waals surface area (Å²) in [6.45, 7) is 0. The van der Waals surface area contributed by atoms with Crippen molar-refractivity contribution < 1.29 is 4.79 Å². The van der Waals surface area contributed by atoms with Gasteiger partial charge in [-0.2, -0.15) is 11.8 Å². The first kappa shape index (κ1) is 10.8. The van der Waals surface area contributed by atoms with E-state index in [1.165, 1.54) is 18.6 Å². The first-order valence-corrected chi connectivity index (χ1v) is 6.95. The Bertz CT molecular complexity index is 543. The van der Waals surface area contributed by atoms with Crippen molar-refractivity contribution in [1.29, 1.82) is 0 Å². The normalized spacial score (nSPS) is 19.9. The van der Waals surface area contributed by atoms with Crippen molar-refractivity contribution >= 4 is 23.7 Å². The fourth-order valence-electron chi connectivity index (χ4n) is 2.32. The number of rotatable bonds is 3. The molecule has 1 unspecified atom stereocenters. The Kier molecular flexibility index (Phi) is 2.89. The molecule has 2 aromatic rings. The van der Waals surface area contributed by atoms with Crippen molar-refractivity contribution in [3.63, 3.8) is 0 Å². The van der Waals surface area contributed by atoms with Crippen LogP contribution in [0.4, 0.5) is 0 Å². The molecule has 3 nitrogen and oxygen atoms in total. The zero-order valence-electron chi connectivity index (χ0n) is 9.50. The van der Waals surface area contributed by atoms with Gasteiger partial charge in [-0.1, -0.05) is 6.07 Å². The van der Waals surface area contributed by atoms with E-state index in [1.54, 1.807) is 0 Å². The number of imidazole rings is 1. The van der Waals surface area contributed by atoms with Crippen molar-refractivity contribution in [2.24, 2.45) is 0 Å². The molecule has 0 amide bonds. The topological polar surface area (TPSA) is 34.4 Å². The first-order chi connectivity index (χ1) is 8.36. The lowest BCUT2D eigenvalue weighted by molar-refractivity contribution is 0.111. The molecule has 3 rings (SSSR count). The molecule has 1 atom stereocenters. The molecule has 0 N–H and O–H groups in total. The zero-order chi connectivity index (χ0) is 11.7. The second-order valence-electron chi connectivity index (χ2n) is 4.37. The Hall–Kier alpha value is -1.29. The molecule has 1 aliphatic heterocycles. The first-order valence-electron chi connectivity index (χ1n) is 5.90. The van der Waals surface area contributed by atoms with Gasteiger partial charge in [0.25, 0.3) is 0 Å². The maximum absolute atomic E-state index is 10.9. The van der Waals surface area contributed by atoms with Crippen molar-refractivity contribution in [2.45, 2.75) is 24.5 Å². The molecule has 1 aliphatic rings. The summed E-state index contributed by atoms with van der Waals surface area (Å²) in [4.78, 5) is 15.5. The Morgan fingerprint density at radius 1 is 1.53 bits per heavy atom. The van der Waals surface area contributed by atoms with Crippen LogP contribution >= 0.6 is 11.8 Å². The van der Waals surface area contributed by atoms with Crippen LogP contribution in [0.3, 0.4) is 0 Å². The van der Waals surface area contributed by atoms with Crippen LogP contribution in [0.5, 0.6) is 0 Å². The number of aldehydes is 1. The predicted molar refractivity (Wildman–Crippen MR) is 69.8 cm³/mol. The molecule has 2 aromatic heterocycles. The van der Waals surface area contributed by atoms with Gasteiger partial charge in [-0.25, -0.2) is 4.98 Å². The molecule has 3 heterocycles. The second kappa shape index (κ2) is 4.53. The second-order valence-corrected chi connectivity index (χ2v) is 5.78. The number of carbonyl (C=O) groups is 1. The average Bonchev–Trinajstić information content (AvgIpc) is 2.97. The van der Waals surface area contributed by atoms with Gasteiger partial charge >= 0.3 is 0 Å². The van der Waals surface area contributed by atoms with Gasteiger partial charge in [0.15, 0.2) is 6.29 Å². The largest absolute Gasteiger partial charge is 0.297 e. The highest BCUT2D eigenvalue weighted by Crippen LogP contribution is 2.28. The van der Waals surface area contributed by atoms with E-state index in [1.807, 2.05) is 40.6 Å². The molecule has 1 saturated heterocycles. The monoisotopic (exact) mass is 246 g/mol. The van der Waals surface area contributed by atoms with Crippen molar-refractivity contribution in [1.82, 2.24) is 9.38 Å². The van der Waals surface area contributed by atoms with Crippen molar-refractivity contribution in [3.05, 3.63) is 35.8 Å². The van der Waals surface area contributed by atoms with Gasteiger partial charge in [0.1, 0.15) is 5.65 Å². The van der Waals surface area contributed by atoms with E-state index in [9.17, 15) is 4.79 Å². The fourth-order valence-corrected chi connectivity index (χ4v) is 3.60. The zero-order valence-corrected chi connectivity index (χ0v) is 10.3. The Balaban J connectivity index is 1.92. The van der Waals surface area contributed by atoms with E-state index in [0.717, 1.165) is 24.0 Å². The third-order valence-corrected chi connectivity index (χ3v) is 4.55. The minimum atomic E-state index is 0.667. The lowest BCUT2D eigenvalue weighted by Gasteiger charge is -2.03. The highest BCUT2D eigenvalue weighted by Gasteiger charge is 2.17. The summed E-state index contributed by atoms with van der Waals surface area (Å²) in [6, 6.07) is 5.63. The number of nitrogens with zero attached hydrogens (tertiary/aromatic N) is 2. The Labute approximate surface area is 104 Å². The number of carbonyl (C=O) groups excluding carboxylic acids is 1. The van der Waals surface area contributed by atoms with Crippen LogP contribution in [0, 0.1) is 0 Å². The predicted octanol–water partition coefficient (Wildman–Crippen LogP) is 2.58. The van der Waals surface area contributed by atoms with Crippen LogP contribution in [0.15, 0.2) is 24.4 Å². The number of hydrogen-bond acceptors (Lipinski definition) is 3. The number of aromatic nitrogens is 2. The maximum Gasteiger partial charge on any atom is 0.166 e. The number of thioether (sulfide) groups is 1. The van der Waals surface area contributed by atoms with Crippen LogP contribution < -0.4 is 0 Å². The quantitative estimate of drug-likeness (QED) is 0.781. The van der Waals surface area contributed by atoms with Gasteiger partial charge in [-0.3, -0.25) is 9.20 Å². The molecule has 0 aliphatic carbocycles. The molecular formula is C13H14N2OS. The highest BCUT2D eigenvalue weighted by atomic mass is 32.2. The summed E-state index contributed by atoms with van der Waals surface area (Å²) in [5, 5.41) is 0.708. The molecule has 0 aromatic carbocycles. The third-order valence-electron chi connectivity index (χ3n) is 3.16. The summed E-state index contributed by atoms with van der Waals surface area (Å²) in [6.07, 6.45) is 6.51. The lowest BCUT2D eigenvalue weighted by atomic mass is 10.2. The molecule has 0 radical (unpaired) electrons. The van der Waals surface area contributed by atoms with Gasteiger partial charge in [0, 0.05) is 17.9 Å². The number of hydrogen-bond donors (Lipinski definition) is 0. The summed E-state index contributed by atoms with van der Waals surface area (Å²) in [7, 11) is 0. The molecule has 0 saturated carbocycles. The molecular weight excluding hydrogens is 232 g/mol. The molecule has 4 heteroatoms. The van der Waals surface area contributed by atoms with E-state index >= 15 is 0 Å². The van der Waals surface area contributed by atoms with Crippen LogP contribution in [0.25, 0.3) is 5.65 Å². The van der Waals surface area contributed by atoms with Crippen LogP contribution in [-0.4, -0.2) is 26.7 Å².